The second-order valence-corrected chi connectivity index (χ2v) is 8.44. The summed E-state index contributed by atoms with van der Waals surface area (Å²) in [5.41, 5.74) is 1.99. The molecule has 0 radical (unpaired) electrons. The van der Waals surface area contributed by atoms with Crippen LogP contribution in [0, 0.1) is 11.8 Å². The lowest BCUT2D eigenvalue weighted by molar-refractivity contribution is -0.125. The lowest BCUT2D eigenvalue weighted by atomic mass is 9.95. The molecule has 0 saturated carbocycles. The molecule has 1 amide bonds. The third-order valence-corrected chi connectivity index (χ3v) is 5.89. The highest BCUT2D eigenvalue weighted by Crippen LogP contribution is 2.29. The minimum absolute atomic E-state index is 0.103. The van der Waals surface area contributed by atoms with Gasteiger partial charge in [-0.15, -0.1) is 11.3 Å². The van der Waals surface area contributed by atoms with Crippen molar-refractivity contribution in [1.82, 2.24) is 19.9 Å². The van der Waals surface area contributed by atoms with E-state index in [0.29, 0.717) is 5.92 Å². The lowest BCUT2D eigenvalue weighted by Crippen LogP contribution is -2.41. The topological polar surface area (TPSA) is 62.5 Å². The highest BCUT2D eigenvalue weighted by atomic mass is 32.1. The Morgan fingerprint density at radius 1 is 1.37 bits per heavy atom. The van der Waals surface area contributed by atoms with Crippen LogP contribution in [0.15, 0.2) is 36.0 Å². The molecule has 0 aromatic carbocycles. The lowest BCUT2D eigenvalue weighted by Gasteiger charge is -2.32. The van der Waals surface area contributed by atoms with Gasteiger partial charge < -0.3 is 10.2 Å². The van der Waals surface area contributed by atoms with E-state index in [1.807, 2.05) is 16.8 Å². The van der Waals surface area contributed by atoms with E-state index in [9.17, 15) is 4.79 Å². The molecule has 1 N–H and O–H groups in total. The van der Waals surface area contributed by atoms with Crippen molar-refractivity contribution in [3.8, 4) is 10.6 Å². The number of amides is 1. The van der Waals surface area contributed by atoms with E-state index in [2.05, 4.69) is 46.6 Å². The zero-order chi connectivity index (χ0) is 18.8. The number of carbonyl (C=O) groups is 1. The van der Waals surface area contributed by atoms with Crippen molar-refractivity contribution < 1.29 is 4.79 Å². The Hall–Kier alpha value is -2.41. The third-order valence-electron chi connectivity index (χ3n) is 4.99. The Labute approximate surface area is 163 Å². The van der Waals surface area contributed by atoms with Gasteiger partial charge in [0.05, 0.1) is 4.88 Å². The van der Waals surface area contributed by atoms with Crippen molar-refractivity contribution in [2.24, 2.45) is 11.8 Å². The van der Waals surface area contributed by atoms with Gasteiger partial charge in [-0.3, -0.25) is 4.79 Å². The number of nitrogens with one attached hydrogen (secondary N) is 1. The van der Waals surface area contributed by atoms with Crippen LogP contribution in [0.4, 0.5) is 5.82 Å². The SMILES string of the molecule is CC(C)CNC(=O)C1CCN(c2nccn3nc(-c4cccs4)cc23)CC1. The predicted molar refractivity (Wildman–Crippen MR) is 109 cm³/mol. The average Bonchev–Trinajstić information content (AvgIpc) is 3.35. The van der Waals surface area contributed by atoms with Crippen LogP contribution in [-0.2, 0) is 4.79 Å². The summed E-state index contributed by atoms with van der Waals surface area (Å²) >= 11 is 1.69. The predicted octanol–water partition coefficient (Wildman–Crippen LogP) is 3.45. The van der Waals surface area contributed by atoms with Gasteiger partial charge in [0.2, 0.25) is 5.91 Å². The largest absolute Gasteiger partial charge is 0.356 e. The fraction of sp³-hybridized carbons (Fsp3) is 0.450. The number of hydrogen-bond acceptors (Lipinski definition) is 5. The van der Waals surface area contributed by atoms with Crippen LogP contribution < -0.4 is 10.2 Å². The van der Waals surface area contributed by atoms with E-state index in [0.717, 1.165) is 54.4 Å². The van der Waals surface area contributed by atoms with Gasteiger partial charge in [-0.2, -0.15) is 5.10 Å². The molecule has 3 aromatic heterocycles. The Morgan fingerprint density at radius 2 is 2.19 bits per heavy atom. The van der Waals surface area contributed by atoms with Crippen molar-refractivity contribution in [2.75, 3.05) is 24.5 Å². The number of anilines is 1. The number of hydrogen-bond donors (Lipinski definition) is 1. The Morgan fingerprint density at radius 3 is 2.89 bits per heavy atom. The van der Waals surface area contributed by atoms with Gasteiger partial charge in [-0.05, 0) is 36.3 Å². The summed E-state index contributed by atoms with van der Waals surface area (Å²) in [4.78, 5) is 20.4. The number of rotatable bonds is 5. The van der Waals surface area contributed by atoms with Crippen molar-refractivity contribution in [2.45, 2.75) is 26.7 Å². The van der Waals surface area contributed by atoms with Gasteiger partial charge in [-0.25, -0.2) is 9.50 Å². The summed E-state index contributed by atoms with van der Waals surface area (Å²) in [6, 6.07) is 6.23. The molecule has 7 heteroatoms. The summed E-state index contributed by atoms with van der Waals surface area (Å²) in [7, 11) is 0. The van der Waals surface area contributed by atoms with E-state index < -0.39 is 0 Å². The minimum atomic E-state index is 0.103. The summed E-state index contributed by atoms with van der Waals surface area (Å²) in [5.74, 6) is 1.73. The van der Waals surface area contributed by atoms with Crippen molar-refractivity contribution in [1.29, 1.82) is 0 Å². The highest BCUT2D eigenvalue weighted by molar-refractivity contribution is 7.13. The summed E-state index contributed by atoms with van der Waals surface area (Å²) in [6.07, 6.45) is 5.41. The first-order chi connectivity index (χ1) is 13.1. The normalized spacial score (nSPS) is 15.6. The first-order valence-electron chi connectivity index (χ1n) is 9.52. The van der Waals surface area contributed by atoms with E-state index in [-0.39, 0.29) is 11.8 Å². The van der Waals surface area contributed by atoms with Crippen LogP contribution in [0.1, 0.15) is 26.7 Å². The Bertz CT molecular complexity index is 910. The molecule has 0 bridgehead atoms. The van der Waals surface area contributed by atoms with Gasteiger partial charge in [0.15, 0.2) is 5.82 Å². The quantitative estimate of drug-likeness (QED) is 0.733. The Balaban J connectivity index is 1.48. The minimum Gasteiger partial charge on any atom is -0.356 e. The maximum absolute atomic E-state index is 12.3. The molecular weight excluding hydrogens is 358 g/mol. The highest BCUT2D eigenvalue weighted by Gasteiger charge is 2.26. The molecule has 1 fully saturated rings. The second-order valence-electron chi connectivity index (χ2n) is 7.49. The fourth-order valence-electron chi connectivity index (χ4n) is 3.50. The van der Waals surface area contributed by atoms with E-state index in [1.54, 1.807) is 17.5 Å². The van der Waals surface area contributed by atoms with Crippen LogP contribution in [0.2, 0.25) is 0 Å². The standard InChI is InChI=1S/C20H25N5OS/c1-14(2)13-22-20(26)15-5-8-24(9-6-15)19-17-12-16(18-4-3-11-27-18)23-25(17)10-7-21-19/h3-4,7,10-12,14-15H,5-6,8-9,13H2,1-2H3,(H,22,26). The number of fused-ring (bicyclic) bond motifs is 1. The van der Waals surface area contributed by atoms with Crippen LogP contribution in [0.25, 0.3) is 16.1 Å². The van der Waals surface area contributed by atoms with Gasteiger partial charge >= 0.3 is 0 Å². The number of aromatic nitrogens is 3. The van der Waals surface area contributed by atoms with Crippen LogP contribution in [0.5, 0.6) is 0 Å². The molecule has 27 heavy (non-hydrogen) atoms. The molecule has 4 heterocycles. The molecule has 3 aromatic rings. The van der Waals surface area contributed by atoms with Crippen molar-refractivity contribution in [3.63, 3.8) is 0 Å². The molecule has 0 aliphatic carbocycles. The van der Waals surface area contributed by atoms with Crippen LogP contribution >= 0.6 is 11.3 Å². The molecule has 4 rings (SSSR count). The maximum atomic E-state index is 12.3. The molecule has 0 atom stereocenters. The van der Waals surface area contributed by atoms with Gasteiger partial charge in [0.25, 0.3) is 0 Å². The summed E-state index contributed by atoms with van der Waals surface area (Å²) in [6.45, 7) is 6.66. The van der Waals surface area contributed by atoms with E-state index in [1.165, 1.54) is 0 Å². The number of nitrogens with zero attached hydrogens (tertiary/aromatic N) is 4. The number of carbonyl (C=O) groups excluding carboxylic acids is 1. The molecule has 1 aliphatic heterocycles. The second kappa shape index (κ2) is 7.68. The van der Waals surface area contributed by atoms with Crippen molar-refractivity contribution in [3.05, 3.63) is 36.0 Å². The Kier molecular flexibility index (Phi) is 5.11. The van der Waals surface area contributed by atoms with E-state index in [4.69, 9.17) is 5.10 Å². The third kappa shape index (κ3) is 3.83. The monoisotopic (exact) mass is 383 g/mol. The van der Waals surface area contributed by atoms with Crippen LogP contribution in [-0.4, -0.2) is 40.1 Å². The van der Waals surface area contributed by atoms with Gasteiger partial charge in [0.1, 0.15) is 11.2 Å². The molecule has 142 valence electrons. The molecule has 0 unspecified atom stereocenters. The molecule has 1 saturated heterocycles. The smallest absolute Gasteiger partial charge is 0.223 e. The molecule has 0 spiro atoms. The first-order valence-corrected chi connectivity index (χ1v) is 10.4. The van der Waals surface area contributed by atoms with E-state index >= 15 is 0 Å². The fourth-order valence-corrected chi connectivity index (χ4v) is 4.18. The maximum Gasteiger partial charge on any atom is 0.223 e. The summed E-state index contributed by atoms with van der Waals surface area (Å²) < 4.78 is 1.90. The molecule has 1 aliphatic rings. The molecule has 6 nitrogen and oxygen atoms in total. The molecular formula is C20H25N5OS. The zero-order valence-corrected chi connectivity index (χ0v) is 16.6. The van der Waals surface area contributed by atoms with Crippen LogP contribution in [0.3, 0.4) is 0 Å². The zero-order valence-electron chi connectivity index (χ0n) is 15.8. The van der Waals surface area contributed by atoms with Crippen molar-refractivity contribution >= 4 is 28.6 Å². The summed E-state index contributed by atoms with van der Waals surface area (Å²) in [5, 5.41) is 9.82. The number of thiophene rings is 1. The van der Waals surface area contributed by atoms with Gasteiger partial charge in [0, 0.05) is 37.9 Å². The van der Waals surface area contributed by atoms with Gasteiger partial charge in [-0.1, -0.05) is 19.9 Å². The average molecular weight is 384 g/mol. The number of piperidine rings is 1. The first kappa shape index (κ1) is 18.0.